The molecule has 2 unspecified atom stereocenters. The van der Waals surface area contributed by atoms with Crippen LogP contribution in [0.25, 0.3) is 0 Å². The largest absolute Gasteiger partial charge is 0.508 e. The van der Waals surface area contributed by atoms with Gasteiger partial charge in [0.15, 0.2) is 0 Å². The van der Waals surface area contributed by atoms with E-state index in [1.165, 1.54) is 0 Å². The lowest BCUT2D eigenvalue weighted by atomic mass is 10.2. The van der Waals surface area contributed by atoms with Gasteiger partial charge in [0, 0.05) is 24.0 Å². The molecule has 0 spiro atoms. The molecule has 22 heavy (non-hydrogen) atoms. The van der Waals surface area contributed by atoms with Gasteiger partial charge in [0.25, 0.3) is 0 Å². The van der Waals surface area contributed by atoms with Crippen LogP contribution < -0.4 is 0 Å². The number of carbonyl (C=O) groups is 3. The molecule has 0 radical (unpaired) electrons. The number of rotatable bonds is 10. The molecule has 0 heterocycles. The van der Waals surface area contributed by atoms with Crippen LogP contribution in [0.1, 0.15) is 13.8 Å². The molecule has 7 nitrogen and oxygen atoms in total. The number of ether oxygens (including phenoxy) is 4. The van der Waals surface area contributed by atoms with Crippen molar-refractivity contribution < 1.29 is 33.3 Å². The highest BCUT2D eigenvalue weighted by molar-refractivity contribution is 5.81. The van der Waals surface area contributed by atoms with Crippen molar-refractivity contribution in [3.8, 4) is 0 Å². The average Bonchev–Trinajstić information content (AvgIpc) is 2.53. The van der Waals surface area contributed by atoms with Gasteiger partial charge in [0.05, 0.1) is 13.2 Å². The molecule has 0 N–H and O–H groups in total. The van der Waals surface area contributed by atoms with Crippen LogP contribution in [-0.4, -0.2) is 44.5 Å². The van der Waals surface area contributed by atoms with Gasteiger partial charge < -0.3 is 18.9 Å². The second-order valence-electron chi connectivity index (χ2n) is 4.75. The summed E-state index contributed by atoms with van der Waals surface area (Å²) in [6.07, 6.45) is 1.29. The normalized spacial score (nSPS) is 12.5. The molecule has 0 aromatic carbocycles. The molecule has 0 aliphatic rings. The van der Waals surface area contributed by atoms with Crippen LogP contribution in [0.5, 0.6) is 0 Å². The van der Waals surface area contributed by atoms with Crippen molar-refractivity contribution in [1.29, 1.82) is 0 Å². The summed E-state index contributed by atoms with van der Waals surface area (Å²) in [4.78, 5) is 33.0. The topological polar surface area (TPSA) is 88.1 Å². The van der Waals surface area contributed by atoms with Crippen LogP contribution in [-0.2, 0) is 28.5 Å². The lowest BCUT2D eigenvalue weighted by molar-refractivity contribution is -0.139. The average molecular weight is 314 g/mol. The van der Waals surface area contributed by atoms with Crippen molar-refractivity contribution in [2.45, 2.75) is 13.8 Å². The predicted octanol–water partition coefficient (Wildman–Crippen LogP) is 1.87. The van der Waals surface area contributed by atoms with Crippen molar-refractivity contribution in [3.05, 3.63) is 25.3 Å². The molecule has 0 saturated heterocycles. The molecule has 0 fully saturated rings. The van der Waals surface area contributed by atoms with E-state index in [-0.39, 0.29) is 38.3 Å². The number of hydrogen-bond acceptors (Lipinski definition) is 7. The van der Waals surface area contributed by atoms with Crippen molar-refractivity contribution in [1.82, 2.24) is 0 Å². The summed E-state index contributed by atoms with van der Waals surface area (Å²) < 4.78 is 19.3. The molecule has 0 aromatic rings. The second kappa shape index (κ2) is 11.4. The van der Waals surface area contributed by atoms with E-state index in [2.05, 4.69) is 13.2 Å². The summed E-state index contributed by atoms with van der Waals surface area (Å²) >= 11 is 0. The van der Waals surface area contributed by atoms with E-state index >= 15 is 0 Å². The summed E-state index contributed by atoms with van der Waals surface area (Å²) in [5, 5.41) is 0. The Kier molecular flexibility index (Phi) is 10.2. The molecule has 124 valence electrons. The summed E-state index contributed by atoms with van der Waals surface area (Å²) in [7, 11) is 0. The molecule has 0 aliphatic heterocycles. The molecular weight excluding hydrogens is 292 g/mol. The highest BCUT2D eigenvalue weighted by atomic mass is 16.7. The van der Waals surface area contributed by atoms with Gasteiger partial charge in [-0.3, -0.25) is 0 Å². The summed E-state index contributed by atoms with van der Waals surface area (Å²) in [5.41, 5.74) is 0. The minimum Gasteiger partial charge on any atom is -0.462 e. The first-order chi connectivity index (χ1) is 10.4. The number of hydrogen-bond donors (Lipinski definition) is 0. The zero-order valence-corrected chi connectivity index (χ0v) is 12.9. The Labute approximate surface area is 129 Å². The molecule has 0 aromatic heterocycles. The van der Waals surface area contributed by atoms with Gasteiger partial charge in [-0.1, -0.05) is 27.0 Å². The van der Waals surface area contributed by atoms with Crippen LogP contribution in [0.15, 0.2) is 25.3 Å². The first-order valence-electron chi connectivity index (χ1n) is 6.77. The van der Waals surface area contributed by atoms with Crippen molar-refractivity contribution >= 4 is 18.1 Å². The zero-order chi connectivity index (χ0) is 17.0. The Morgan fingerprint density at radius 1 is 0.773 bits per heavy atom. The van der Waals surface area contributed by atoms with Crippen molar-refractivity contribution in [2.24, 2.45) is 11.8 Å². The van der Waals surface area contributed by atoms with Gasteiger partial charge >= 0.3 is 18.1 Å². The first-order valence-corrected chi connectivity index (χ1v) is 6.77. The quantitative estimate of drug-likeness (QED) is 0.345. The van der Waals surface area contributed by atoms with Gasteiger partial charge in [-0.2, -0.15) is 0 Å². The maximum atomic E-state index is 11.3. The maximum absolute atomic E-state index is 11.3. The molecule has 7 heteroatoms. The van der Waals surface area contributed by atoms with Crippen LogP contribution in [0.3, 0.4) is 0 Å². The second-order valence-corrected chi connectivity index (χ2v) is 4.75. The molecule has 0 amide bonds. The Hall–Kier alpha value is -2.31. The van der Waals surface area contributed by atoms with E-state index in [4.69, 9.17) is 18.9 Å². The Morgan fingerprint density at radius 3 is 1.41 bits per heavy atom. The van der Waals surface area contributed by atoms with E-state index in [1.807, 2.05) is 0 Å². The van der Waals surface area contributed by atoms with Crippen molar-refractivity contribution in [3.63, 3.8) is 0 Å². The fraction of sp³-hybridized carbons (Fsp3) is 0.533. The van der Waals surface area contributed by atoms with Gasteiger partial charge in [0.1, 0.15) is 13.2 Å². The fourth-order valence-corrected chi connectivity index (χ4v) is 1.13. The molecule has 0 aliphatic carbocycles. The van der Waals surface area contributed by atoms with Gasteiger partial charge in [0.2, 0.25) is 0 Å². The van der Waals surface area contributed by atoms with Gasteiger partial charge in [-0.15, -0.1) is 0 Å². The Bertz CT molecular complexity index is 367. The van der Waals surface area contributed by atoms with E-state index in [1.54, 1.807) is 13.8 Å². The monoisotopic (exact) mass is 314 g/mol. The van der Waals surface area contributed by atoms with E-state index < -0.39 is 18.1 Å². The maximum Gasteiger partial charge on any atom is 0.508 e. The Balaban J connectivity index is 3.76. The molecule has 2 atom stereocenters. The highest BCUT2D eigenvalue weighted by Gasteiger charge is 2.12. The summed E-state index contributed by atoms with van der Waals surface area (Å²) in [5.74, 6) is -1.39. The SMILES string of the molecule is C=CC(=O)OCC(C)COC(=O)OCC(C)COC(=O)C=C. The van der Waals surface area contributed by atoms with Gasteiger partial charge in [-0.05, 0) is 0 Å². The molecule has 0 bridgehead atoms. The molecule has 0 rings (SSSR count). The summed E-state index contributed by atoms with van der Waals surface area (Å²) in [6, 6.07) is 0. The third-order valence-electron chi connectivity index (χ3n) is 2.32. The number of carbonyl (C=O) groups excluding carboxylic acids is 3. The molecular formula is C15H22O7. The standard InChI is InChI=1S/C15H22O7/c1-5-13(16)19-7-11(3)9-21-15(18)22-10-12(4)8-20-14(17)6-2/h5-6,11-12H,1-2,7-10H2,3-4H3. The van der Waals surface area contributed by atoms with Crippen LogP contribution in [0, 0.1) is 11.8 Å². The lowest BCUT2D eigenvalue weighted by Crippen LogP contribution is -2.21. The van der Waals surface area contributed by atoms with Crippen molar-refractivity contribution in [2.75, 3.05) is 26.4 Å². The molecule has 0 saturated carbocycles. The predicted molar refractivity (Wildman–Crippen MR) is 77.9 cm³/mol. The third-order valence-corrected chi connectivity index (χ3v) is 2.32. The minimum absolute atomic E-state index is 0.0586. The lowest BCUT2D eigenvalue weighted by Gasteiger charge is -2.14. The van der Waals surface area contributed by atoms with Crippen LogP contribution >= 0.6 is 0 Å². The summed E-state index contributed by atoms with van der Waals surface area (Å²) in [6.45, 7) is 10.4. The number of esters is 2. The van der Waals surface area contributed by atoms with E-state index in [0.29, 0.717) is 0 Å². The van der Waals surface area contributed by atoms with Crippen LogP contribution in [0.2, 0.25) is 0 Å². The van der Waals surface area contributed by atoms with E-state index in [0.717, 1.165) is 12.2 Å². The van der Waals surface area contributed by atoms with Gasteiger partial charge in [-0.25, -0.2) is 14.4 Å². The first kappa shape index (κ1) is 19.7. The van der Waals surface area contributed by atoms with E-state index in [9.17, 15) is 14.4 Å². The Morgan fingerprint density at radius 2 is 1.09 bits per heavy atom. The minimum atomic E-state index is -0.830. The highest BCUT2D eigenvalue weighted by Crippen LogP contribution is 2.02. The van der Waals surface area contributed by atoms with Crippen LogP contribution in [0.4, 0.5) is 4.79 Å². The smallest absolute Gasteiger partial charge is 0.462 e. The zero-order valence-electron chi connectivity index (χ0n) is 12.9. The fourth-order valence-electron chi connectivity index (χ4n) is 1.13. The third kappa shape index (κ3) is 10.5.